The average Bonchev–Trinajstić information content (AvgIpc) is 3.30. The molecule has 3 aromatic heterocycles. The van der Waals surface area contributed by atoms with Crippen LogP contribution in [0.25, 0.3) is 22.3 Å². The smallest absolute Gasteiger partial charge is 0.410 e. The van der Waals surface area contributed by atoms with E-state index in [-0.39, 0.29) is 11.4 Å². The van der Waals surface area contributed by atoms with E-state index in [1.807, 2.05) is 39.0 Å². The SMILES string of the molecule is CC(C)(C)OC(=O)N1CCNCC1c1ncnc2c1c(-c1ccccn1)cn2S(=O)(=O)Cc1ccccc1. The Kier molecular flexibility index (Phi) is 6.89. The molecule has 0 radical (unpaired) electrons. The van der Waals surface area contributed by atoms with Crippen LogP contribution in [-0.2, 0) is 20.5 Å². The lowest BCUT2D eigenvalue weighted by Crippen LogP contribution is -2.50. The Morgan fingerprint density at radius 2 is 1.84 bits per heavy atom. The summed E-state index contributed by atoms with van der Waals surface area (Å²) in [7, 11) is -3.85. The number of amides is 1. The van der Waals surface area contributed by atoms with E-state index in [1.165, 1.54) is 10.3 Å². The van der Waals surface area contributed by atoms with Crippen molar-refractivity contribution in [1.82, 2.24) is 29.1 Å². The highest BCUT2D eigenvalue weighted by atomic mass is 32.2. The highest BCUT2D eigenvalue weighted by molar-refractivity contribution is 7.89. The van der Waals surface area contributed by atoms with Crippen molar-refractivity contribution in [2.45, 2.75) is 38.2 Å². The van der Waals surface area contributed by atoms with Crippen LogP contribution in [-0.4, -0.2) is 63.6 Å². The summed E-state index contributed by atoms with van der Waals surface area (Å²) >= 11 is 0. The number of piperazine rings is 1. The fourth-order valence-corrected chi connectivity index (χ4v) is 6.00. The van der Waals surface area contributed by atoms with Gasteiger partial charge in [-0.05, 0) is 38.5 Å². The fourth-order valence-electron chi connectivity index (χ4n) is 4.58. The quantitative estimate of drug-likeness (QED) is 0.411. The van der Waals surface area contributed by atoms with Crippen molar-refractivity contribution in [3.63, 3.8) is 0 Å². The molecule has 1 saturated heterocycles. The highest BCUT2D eigenvalue weighted by Gasteiger charge is 2.35. The van der Waals surface area contributed by atoms with Crippen molar-refractivity contribution in [3.8, 4) is 11.3 Å². The fraction of sp³-hybridized carbons (Fsp3) is 0.333. The molecule has 0 spiro atoms. The van der Waals surface area contributed by atoms with Crippen molar-refractivity contribution in [1.29, 1.82) is 0 Å². The van der Waals surface area contributed by atoms with Gasteiger partial charge >= 0.3 is 6.09 Å². The summed E-state index contributed by atoms with van der Waals surface area (Å²) in [6.07, 6.45) is 4.09. The Bertz CT molecular complexity index is 1550. The first-order valence-electron chi connectivity index (χ1n) is 12.4. The molecule has 38 heavy (non-hydrogen) atoms. The van der Waals surface area contributed by atoms with Gasteiger partial charge in [0.25, 0.3) is 0 Å². The van der Waals surface area contributed by atoms with Crippen molar-refractivity contribution < 1.29 is 17.9 Å². The van der Waals surface area contributed by atoms with E-state index < -0.39 is 27.8 Å². The standard InChI is InChI=1S/C27H30N6O4S/c1-27(2,3)37-26(34)32-14-13-28-15-22(32)24-23-20(21-11-7-8-12-29-21)16-33(25(23)31-18-30-24)38(35,36)17-19-9-5-4-6-10-19/h4-12,16,18,22,28H,13-15,17H2,1-3H3. The third kappa shape index (κ3) is 5.25. The zero-order valence-corrected chi connectivity index (χ0v) is 22.4. The minimum absolute atomic E-state index is 0.201. The Hall–Kier alpha value is -3.83. The summed E-state index contributed by atoms with van der Waals surface area (Å²) in [4.78, 5) is 28.3. The van der Waals surface area contributed by atoms with Crippen molar-refractivity contribution in [2.75, 3.05) is 19.6 Å². The third-order valence-electron chi connectivity index (χ3n) is 6.20. The summed E-state index contributed by atoms with van der Waals surface area (Å²) in [6, 6.07) is 13.9. The van der Waals surface area contributed by atoms with E-state index in [2.05, 4.69) is 20.3 Å². The van der Waals surface area contributed by atoms with Crippen LogP contribution in [0.3, 0.4) is 0 Å². The topological polar surface area (TPSA) is 119 Å². The maximum Gasteiger partial charge on any atom is 0.410 e. The van der Waals surface area contributed by atoms with E-state index in [0.29, 0.717) is 47.5 Å². The summed E-state index contributed by atoms with van der Waals surface area (Å²) in [6.45, 7) is 6.90. The van der Waals surface area contributed by atoms with Gasteiger partial charge < -0.3 is 10.1 Å². The lowest BCUT2D eigenvalue weighted by molar-refractivity contribution is 0.0115. The molecule has 1 aliphatic rings. The van der Waals surface area contributed by atoms with Gasteiger partial charge in [0.05, 0.1) is 28.6 Å². The van der Waals surface area contributed by atoms with Gasteiger partial charge in [-0.3, -0.25) is 9.88 Å². The number of hydrogen-bond acceptors (Lipinski definition) is 8. The number of carbonyl (C=O) groups is 1. The van der Waals surface area contributed by atoms with E-state index in [0.717, 1.165) is 0 Å². The molecule has 11 heteroatoms. The molecule has 0 aliphatic carbocycles. The first-order valence-corrected chi connectivity index (χ1v) is 14.0. The molecule has 0 bridgehead atoms. The summed E-state index contributed by atoms with van der Waals surface area (Å²) < 4.78 is 34.2. The number of rotatable bonds is 5. The molecule has 1 N–H and O–H groups in total. The second kappa shape index (κ2) is 10.1. The minimum atomic E-state index is -3.85. The van der Waals surface area contributed by atoms with Gasteiger partial charge in [0, 0.05) is 37.6 Å². The number of benzene rings is 1. The van der Waals surface area contributed by atoms with E-state index >= 15 is 0 Å². The number of nitrogens with zero attached hydrogens (tertiary/aromatic N) is 5. The molecule has 198 valence electrons. The highest BCUT2D eigenvalue weighted by Crippen LogP contribution is 2.36. The maximum absolute atomic E-state index is 13.7. The second-order valence-electron chi connectivity index (χ2n) is 10.1. The van der Waals surface area contributed by atoms with Crippen LogP contribution < -0.4 is 5.32 Å². The first kappa shape index (κ1) is 25.8. The van der Waals surface area contributed by atoms with Crippen LogP contribution >= 0.6 is 0 Å². The van der Waals surface area contributed by atoms with Crippen LogP contribution in [0, 0.1) is 0 Å². The summed E-state index contributed by atoms with van der Waals surface area (Å²) in [5.74, 6) is -0.201. The van der Waals surface area contributed by atoms with E-state index in [4.69, 9.17) is 4.74 Å². The molecule has 4 aromatic rings. The average molecular weight is 535 g/mol. The number of pyridine rings is 1. The van der Waals surface area contributed by atoms with Crippen molar-refractivity contribution >= 4 is 27.1 Å². The van der Waals surface area contributed by atoms with Crippen molar-refractivity contribution in [2.24, 2.45) is 0 Å². The van der Waals surface area contributed by atoms with E-state index in [9.17, 15) is 13.2 Å². The summed E-state index contributed by atoms with van der Waals surface area (Å²) in [5, 5.41) is 3.86. The van der Waals surface area contributed by atoms with Gasteiger partial charge in [0.15, 0.2) is 5.65 Å². The van der Waals surface area contributed by atoms with Gasteiger partial charge in [-0.25, -0.2) is 27.2 Å². The number of fused-ring (bicyclic) bond motifs is 1. The largest absolute Gasteiger partial charge is 0.444 e. The number of ether oxygens (including phenoxy) is 1. The zero-order valence-electron chi connectivity index (χ0n) is 21.5. The number of carbonyl (C=O) groups excluding carboxylic acids is 1. The van der Waals surface area contributed by atoms with Crippen LogP contribution in [0.15, 0.2) is 67.3 Å². The molecular weight excluding hydrogens is 504 g/mol. The van der Waals surface area contributed by atoms with Gasteiger partial charge in [-0.15, -0.1) is 0 Å². The van der Waals surface area contributed by atoms with Crippen LogP contribution in [0.4, 0.5) is 4.79 Å². The molecule has 1 fully saturated rings. The number of aromatic nitrogens is 4. The molecule has 1 atom stereocenters. The lowest BCUT2D eigenvalue weighted by atomic mass is 10.0. The van der Waals surface area contributed by atoms with Crippen LogP contribution in [0.5, 0.6) is 0 Å². The zero-order chi connectivity index (χ0) is 26.9. The predicted octanol–water partition coefficient (Wildman–Crippen LogP) is 3.75. The van der Waals surface area contributed by atoms with Gasteiger partial charge in [0.1, 0.15) is 11.9 Å². The molecular formula is C27H30N6O4S. The molecule has 1 aliphatic heterocycles. The molecule has 1 unspecified atom stereocenters. The van der Waals surface area contributed by atoms with Gasteiger partial charge in [0.2, 0.25) is 10.0 Å². The van der Waals surface area contributed by atoms with Crippen LogP contribution in [0.1, 0.15) is 38.1 Å². The van der Waals surface area contributed by atoms with E-state index in [1.54, 1.807) is 47.6 Å². The Labute approximate surface area is 221 Å². The van der Waals surface area contributed by atoms with Crippen LogP contribution in [0.2, 0.25) is 0 Å². The maximum atomic E-state index is 13.7. The Morgan fingerprint density at radius 3 is 2.55 bits per heavy atom. The Balaban J connectivity index is 1.68. The Morgan fingerprint density at radius 1 is 1.08 bits per heavy atom. The predicted molar refractivity (Wildman–Crippen MR) is 144 cm³/mol. The van der Waals surface area contributed by atoms with Gasteiger partial charge in [-0.2, -0.15) is 0 Å². The minimum Gasteiger partial charge on any atom is -0.444 e. The molecule has 0 saturated carbocycles. The second-order valence-corrected chi connectivity index (χ2v) is 12.0. The lowest BCUT2D eigenvalue weighted by Gasteiger charge is -2.37. The molecule has 10 nitrogen and oxygen atoms in total. The third-order valence-corrected chi connectivity index (χ3v) is 7.78. The molecule has 4 heterocycles. The molecule has 1 aromatic carbocycles. The molecule has 1 amide bonds. The number of nitrogens with one attached hydrogen (secondary N) is 1. The first-order chi connectivity index (χ1) is 18.1. The van der Waals surface area contributed by atoms with Gasteiger partial charge in [-0.1, -0.05) is 36.4 Å². The molecule has 5 rings (SSSR count). The van der Waals surface area contributed by atoms with Crippen molar-refractivity contribution in [3.05, 3.63) is 78.5 Å². The monoisotopic (exact) mass is 534 g/mol. The normalized spacial score (nSPS) is 16.5. The summed E-state index contributed by atoms with van der Waals surface area (Å²) in [5.41, 5.74) is 1.91. The number of hydrogen-bond donors (Lipinski definition) is 1.